The minimum absolute atomic E-state index is 0.0777. The summed E-state index contributed by atoms with van der Waals surface area (Å²) in [5.74, 6) is 0. The number of nitrogens with two attached hydrogens (primary N) is 1. The van der Waals surface area contributed by atoms with Crippen molar-refractivity contribution in [3.63, 3.8) is 0 Å². The van der Waals surface area contributed by atoms with Crippen LogP contribution in [-0.2, 0) is 10.0 Å². The van der Waals surface area contributed by atoms with E-state index in [2.05, 4.69) is 4.90 Å². The van der Waals surface area contributed by atoms with E-state index in [1.165, 1.54) is 29.3 Å². The highest BCUT2D eigenvalue weighted by Gasteiger charge is 2.24. The molecule has 1 aliphatic rings. The van der Waals surface area contributed by atoms with Gasteiger partial charge in [0.2, 0.25) is 10.0 Å². The van der Waals surface area contributed by atoms with Crippen LogP contribution in [0.25, 0.3) is 0 Å². The number of anilines is 1. The molecule has 0 radical (unpaired) electrons. The van der Waals surface area contributed by atoms with Crippen molar-refractivity contribution in [2.75, 3.05) is 39.0 Å². The summed E-state index contributed by atoms with van der Waals surface area (Å²) >= 11 is 5.86. The smallest absolute Gasteiger partial charge is 0.244 e. The van der Waals surface area contributed by atoms with Crippen LogP contribution < -0.4 is 5.73 Å². The monoisotopic (exact) mass is 317 g/mol. The quantitative estimate of drug-likeness (QED) is 0.838. The summed E-state index contributed by atoms with van der Waals surface area (Å²) < 4.78 is 26.3. The van der Waals surface area contributed by atoms with Gasteiger partial charge in [-0.05, 0) is 44.1 Å². The normalized spacial score (nSPS) is 16.9. The first-order valence-corrected chi connectivity index (χ1v) is 8.47. The SMILES string of the molecule is CN(CCN1CCCC1)S(=O)(=O)c1cc(Cl)ccc1N. The number of sulfonamides is 1. The second kappa shape index (κ2) is 6.30. The average molecular weight is 318 g/mol. The lowest BCUT2D eigenvalue weighted by Crippen LogP contribution is -2.35. The Balaban J connectivity index is 2.10. The Morgan fingerprint density at radius 2 is 2.00 bits per heavy atom. The van der Waals surface area contributed by atoms with Gasteiger partial charge in [0.25, 0.3) is 0 Å². The van der Waals surface area contributed by atoms with Crippen molar-refractivity contribution in [3.05, 3.63) is 23.2 Å². The summed E-state index contributed by atoms with van der Waals surface area (Å²) in [6, 6.07) is 4.50. The summed E-state index contributed by atoms with van der Waals surface area (Å²) in [5, 5.41) is 0.366. The van der Waals surface area contributed by atoms with Gasteiger partial charge in [0.15, 0.2) is 0 Å². The van der Waals surface area contributed by atoms with Crippen molar-refractivity contribution in [1.29, 1.82) is 0 Å². The highest BCUT2D eigenvalue weighted by Crippen LogP contribution is 2.25. The third kappa shape index (κ3) is 3.44. The van der Waals surface area contributed by atoms with Crippen LogP contribution in [-0.4, -0.2) is 50.8 Å². The number of rotatable bonds is 5. The molecule has 0 aromatic heterocycles. The van der Waals surface area contributed by atoms with E-state index in [1.807, 2.05) is 0 Å². The number of benzene rings is 1. The predicted octanol–water partition coefficient (Wildman–Crippen LogP) is 1.64. The zero-order valence-corrected chi connectivity index (χ0v) is 13.1. The Kier molecular flexibility index (Phi) is 4.90. The van der Waals surface area contributed by atoms with Crippen LogP contribution in [0.3, 0.4) is 0 Å². The zero-order valence-electron chi connectivity index (χ0n) is 11.5. The second-order valence-electron chi connectivity index (χ2n) is 5.06. The molecule has 0 amide bonds. The Morgan fingerprint density at radius 1 is 1.35 bits per heavy atom. The van der Waals surface area contributed by atoms with Crippen LogP contribution in [0.15, 0.2) is 23.1 Å². The fourth-order valence-electron chi connectivity index (χ4n) is 2.31. The van der Waals surface area contributed by atoms with Crippen molar-refractivity contribution in [2.24, 2.45) is 0 Å². The summed E-state index contributed by atoms with van der Waals surface area (Å²) in [4.78, 5) is 2.35. The fourth-order valence-corrected chi connectivity index (χ4v) is 3.84. The predicted molar refractivity (Wildman–Crippen MR) is 81.4 cm³/mol. The molecular formula is C13H20ClN3O2S. The number of likely N-dealkylation sites (tertiary alicyclic amines) is 1. The maximum atomic E-state index is 12.5. The summed E-state index contributed by atoms with van der Waals surface area (Å²) in [5.41, 5.74) is 5.98. The molecule has 7 heteroatoms. The number of nitrogens with zero attached hydrogens (tertiary/aromatic N) is 2. The highest BCUT2D eigenvalue weighted by atomic mass is 35.5. The van der Waals surface area contributed by atoms with Gasteiger partial charge in [0.1, 0.15) is 4.90 Å². The van der Waals surface area contributed by atoms with Crippen LogP contribution in [0, 0.1) is 0 Å². The van der Waals surface area contributed by atoms with E-state index >= 15 is 0 Å². The molecule has 1 saturated heterocycles. The van der Waals surface area contributed by atoms with Crippen LogP contribution in [0.5, 0.6) is 0 Å². The van der Waals surface area contributed by atoms with Crippen LogP contribution in [0.1, 0.15) is 12.8 Å². The van der Waals surface area contributed by atoms with E-state index in [4.69, 9.17) is 17.3 Å². The molecule has 0 unspecified atom stereocenters. The maximum absolute atomic E-state index is 12.5. The van der Waals surface area contributed by atoms with Gasteiger partial charge in [-0.15, -0.1) is 0 Å². The molecule has 112 valence electrons. The van der Waals surface area contributed by atoms with Crippen molar-refractivity contribution in [1.82, 2.24) is 9.21 Å². The minimum atomic E-state index is -3.59. The molecule has 1 aromatic rings. The van der Waals surface area contributed by atoms with Crippen molar-refractivity contribution in [2.45, 2.75) is 17.7 Å². The van der Waals surface area contributed by atoms with E-state index < -0.39 is 10.0 Å². The molecule has 0 aliphatic carbocycles. The van der Waals surface area contributed by atoms with Gasteiger partial charge >= 0.3 is 0 Å². The first kappa shape index (κ1) is 15.6. The third-order valence-corrected chi connectivity index (χ3v) is 5.74. The highest BCUT2D eigenvalue weighted by molar-refractivity contribution is 7.89. The number of halogens is 1. The van der Waals surface area contributed by atoms with E-state index in [0.717, 1.165) is 19.6 Å². The molecule has 0 saturated carbocycles. The topological polar surface area (TPSA) is 66.6 Å². The minimum Gasteiger partial charge on any atom is -0.398 e. The molecule has 1 heterocycles. The van der Waals surface area contributed by atoms with E-state index in [9.17, 15) is 8.42 Å². The molecule has 1 fully saturated rings. The first-order valence-electron chi connectivity index (χ1n) is 6.65. The summed E-state index contributed by atoms with van der Waals surface area (Å²) in [6.45, 7) is 3.30. The van der Waals surface area contributed by atoms with Gasteiger partial charge in [-0.1, -0.05) is 11.6 Å². The van der Waals surface area contributed by atoms with Gasteiger partial charge in [-0.2, -0.15) is 4.31 Å². The van der Waals surface area contributed by atoms with E-state index in [1.54, 1.807) is 13.1 Å². The summed E-state index contributed by atoms with van der Waals surface area (Å²) in [6.07, 6.45) is 2.38. The van der Waals surface area contributed by atoms with Gasteiger partial charge in [-0.3, -0.25) is 0 Å². The van der Waals surface area contributed by atoms with Crippen molar-refractivity contribution in [3.8, 4) is 0 Å². The Labute approximate surface area is 125 Å². The maximum Gasteiger partial charge on any atom is 0.244 e. The molecule has 0 bridgehead atoms. The van der Waals surface area contributed by atoms with Crippen LogP contribution in [0.2, 0.25) is 5.02 Å². The lowest BCUT2D eigenvalue weighted by Gasteiger charge is -2.22. The summed E-state index contributed by atoms with van der Waals surface area (Å²) in [7, 11) is -2.01. The molecule has 2 N–H and O–H groups in total. The molecule has 1 aromatic carbocycles. The number of nitrogen functional groups attached to an aromatic ring is 1. The van der Waals surface area contributed by atoms with E-state index in [0.29, 0.717) is 11.6 Å². The van der Waals surface area contributed by atoms with Crippen LogP contribution in [0.4, 0.5) is 5.69 Å². The standard InChI is InChI=1S/C13H20ClN3O2S/c1-16(8-9-17-6-2-3-7-17)20(18,19)13-10-11(14)4-5-12(13)15/h4-5,10H,2-3,6-9,15H2,1H3. The molecule has 2 rings (SSSR count). The lowest BCUT2D eigenvalue weighted by atomic mass is 10.3. The van der Waals surface area contributed by atoms with Gasteiger partial charge in [0, 0.05) is 25.2 Å². The molecule has 5 nitrogen and oxygen atoms in total. The second-order valence-corrected chi connectivity index (χ2v) is 7.51. The van der Waals surface area contributed by atoms with Gasteiger partial charge in [0.05, 0.1) is 5.69 Å². The fraction of sp³-hybridized carbons (Fsp3) is 0.538. The molecular weight excluding hydrogens is 298 g/mol. The first-order chi connectivity index (χ1) is 9.41. The Hall–Kier alpha value is -0.820. The van der Waals surface area contributed by atoms with E-state index in [-0.39, 0.29) is 10.6 Å². The third-order valence-electron chi connectivity index (χ3n) is 3.59. The van der Waals surface area contributed by atoms with Crippen LogP contribution >= 0.6 is 11.6 Å². The number of likely N-dealkylation sites (N-methyl/N-ethyl adjacent to an activating group) is 1. The average Bonchev–Trinajstić information content (AvgIpc) is 2.91. The molecule has 20 heavy (non-hydrogen) atoms. The van der Waals surface area contributed by atoms with Gasteiger partial charge in [-0.25, -0.2) is 8.42 Å². The van der Waals surface area contributed by atoms with Crippen molar-refractivity contribution < 1.29 is 8.42 Å². The largest absolute Gasteiger partial charge is 0.398 e. The Bertz CT molecular complexity index is 571. The molecule has 1 aliphatic heterocycles. The van der Waals surface area contributed by atoms with Gasteiger partial charge < -0.3 is 10.6 Å². The Morgan fingerprint density at radius 3 is 2.65 bits per heavy atom. The lowest BCUT2D eigenvalue weighted by molar-refractivity contribution is 0.310. The number of hydrogen-bond donors (Lipinski definition) is 1. The molecule has 0 atom stereocenters. The zero-order chi connectivity index (χ0) is 14.8. The number of hydrogen-bond acceptors (Lipinski definition) is 4. The molecule has 0 spiro atoms. The van der Waals surface area contributed by atoms with Crippen molar-refractivity contribution >= 4 is 27.3 Å².